The van der Waals surface area contributed by atoms with Gasteiger partial charge in [-0.15, -0.1) is 11.8 Å². The number of hydrogen-bond donors (Lipinski definition) is 1. The van der Waals surface area contributed by atoms with Crippen LogP contribution in [-0.2, 0) is 17.2 Å². The van der Waals surface area contributed by atoms with Crippen LogP contribution in [0.5, 0.6) is 5.75 Å². The molecule has 4 heteroatoms. The molecule has 0 aromatic heterocycles. The average Bonchev–Trinajstić information content (AvgIpc) is 2.73. The third kappa shape index (κ3) is 6.19. The molecule has 3 nitrogen and oxygen atoms in total. The van der Waals surface area contributed by atoms with Crippen LogP contribution in [0.15, 0.2) is 84.9 Å². The quantitative estimate of drug-likeness (QED) is 0.561. The van der Waals surface area contributed by atoms with Gasteiger partial charge in [-0.25, -0.2) is 0 Å². The van der Waals surface area contributed by atoms with Gasteiger partial charge in [0.15, 0.2) is 0 Å². The second-order valence-corrected chi connectivity index (χ2v) is 7.56. The Morgan fingerprint density at radius 2 is 1.48 bits per heavy atom. The number of ether oxygens (including phenoxy) is 1. The van der Waals surface area contributed by atoms with Gasteiger partial charge in [-0.1, -0.05) is 60.7 Å². The Balaban J connectivity index is 1.46. The van der Waals surface area contributed by atoms with Crippen LogP contribution in [0.4, 0.5) is 5.69 Å². The maximum atomic E-state index is 12.4. The SMILES string of the molecule is C[C@H](SCc1ccccc1)C(=O)Nc1ccc(OCc2ccccc2)cc1. The third-order valence-electron chi connectivity index (χ3n) is 4.08. The van der Waals surface area contributed by atoms with Crippen LogP contribution in [0.2, 0.25) is 0 Å². The molecule has 1 N–H and O–H groups in total. The summed E-state index contributed by atoms with van der Waals surface area (Å²) in [5.74, 6) is 1.61. The van der Waals surface area contributed by atoms with Gasteiger partial charge >= 0.3 is 0 Å². The highest BCUT2D eigenvalue weighted by molar-refractivity contribution is 7.99. The number of thioether (sulfide) groups is 1. The van der Waals surface area contributed by atoms with E-state index in [9.17, 15) is 4.79 Å². The summed E-state index contributed by atoms with van der Waals surface area (Å²) in [5, 5.41) is 2.84. The van der Waals surface area contributed by atoms with Gasteiger partial charge in [0.2, 0.25) is 5.91 Å². The standard InChI is InChI=1S/C23H23NO2S/c1-18(27-17-20-10-6-3-7-11-20)23(25)24-21-12-14-22(15-13-21)26-16-19-8-4-2-5-9-19/h2-15,18H,16-17H2,1H3,(H,24,25)/t18-/m0/s1. The summed E-state index contributed by atoms with van der Waals surface area (Å²) in [4.78, 5) is 12.4. The van der Waals surface area contributed by atoms with Crippen molar-refractivity contribution in [2.75, 3.05) is 5.32 Å². The molecule has 27 heavy (non-hydrogen) atoms. The van der Waals surface area contributed by atoms with Crippen LogP contribution in [0.25, 0.3) is 0 Å². The highest BCUT2D eigenvalue weighted by Gasteiger charge is 2.13. The molecule has 1 amide bonds. The second-order valence-electron chi connectivity index (χ2n) is 6.23. The van der Waals surface area contributed by atoms with Crippen LogP contribution in [0, 0.1) is 0 Å². The van der Waals surface area contributed by atoms with Crippen LogP contribution >= 0.6 is 11.8 Å². The second kappa shape index (κ2) is 9.83. The average molecular weight is 378 g/mol. The van der Waals surface area contributed by atoms with Gasteiger partial charge in [0.05, 0.1) is 5.25 Å². The van der Waals surface area contributed by atoms with E-state index in [1.165, 1.54) is 5.56 Å². The molecule has 3 rings (SSSR count). The van der Waals surface area contributed by atoms with E-state index >= 15 is 0 Å². The molecule has 0 radical (unpaired) electrons. The Labute approximate surface area is 164 Å². The Morgan fingerprint density at radius 3 is 2.11 bits per heavy atom. The van der Waals surface area contributed by atoms with Crippen molar-refractivity contribution in [2.24, 2.45) is 0 Å². The fraction of sp³-hybridized carbons (Fsp3) is 0.174. The fourth-order valence-electron chi connectivity index (χ4n) is 2.49. The van der Waals surface area contributed by atoms with Crippen molar-refractivity contribution >= 4 is 23.4 Å². The lowest BCUT2D eigenvalue weighted by atomic mass is 10.2. The van der Waals surface area contributed by atoms with Crippen molar-refractivity contribution < 1.29 is 9.53 Å². The van der Waals surface area contributed by atoms with E-state index in [2.05, 4.69) is 17.4 Å². The van der Waals surface area contributed by atoms with Crippen molar-refractivity contribution in [1.82, 2.24) is 0 Å². The van der Waals surface area contributed by atoms with Crippen molar-refractivity contribution in [3.8, 4) is 5.75 Å². The van der Waals surface area contributed by atoms with Crippen molar-refractivity contribution in [3.05, 3.63) is 96.1 Å². The molecule has 0 spiro atoms. The molecule has 0 saturated carbocycles. The predicted octanol–water partition coefficient (Wildman–Crippen LogP) is 5.53. The lowest BCUT2D eigenvalue weighted by molar-refractivity contribution is -0.115. The van der Waals surface area contributed by atoms with Gasteiger partial charge in [-0.2, -0.15) is 0 Å². The highest BCUT2D eigenvalue weighted by atomic mass is 32.2. The molecule has 0 saturated heterocycles. The van der Waals surface area contributed by atoms with Crippen molar-refractivity contribution in [1.29, 1.82) is 0 Å². The number of hydrogen-bond acceptors (Lipinski definition) is 3. The molecule has 0 bridgehead atoms. The van der Waals surface area contributed by atoms with E-state index in [1.54, 1.807) is 11.8 Å². The number of rotatable bonds is 8. The van der Waals surface area contributed by atoms with E-state index in [1.807, 2.05) is 79.7 Å². The first-order chi connectivity index (χ1) is 13.2. The zero-order chi connectivity index (χ0) is 18.9. The maximum absolute atomic E-state index is 12.4. The van der Waals surface area contributed by atoms with Gasteiger partial charge < -0.3 is 10.1 Å². The minimum absolute atomic E-state index is 0.00823. The Hall–Kier alpha value is -2.72. The van der Waals surface area contributed by atoms with E-state index in [-0.39, 0.29) is 11.2 Å². The molecule has 0 aliphatic rings. The lowest BCUT2D eigenvalue weighted by Crippen LogP contribution is -2.22. The van der Waals surface area contributed by atoms with E-state index in [4.69, 9.17) is 4.74 Å². The first-order valence-corrected chi connectivity index (χ1v) is 9.99. The predicted molar refractivity (Wildman–Crippen MR) is 113 cm³/mol. The summed E-state index contributed by atoms with van der Waals surface area (Å²) in [6.07, 6.45) is 0. The minimum atomic E-state index is -0.126. The summed E-state index contributed by atoms with van der Waals surface area (Å²) in [7, 11) is 0. The monoisotopic (exact) mass is 377 g/mol. The summed E-state index contributed by atoms with van der Waals surface area (Å²) >= 11 is 1.63. The van der Waals surface area contributed by atoms with Crippen LogP contribution < -0.4 is 10.1 Å². The molecule has 0 aliphatic heterocycles. The molecule has 3 aromatic carbocycles. The molecule has 0 heterocycles. The van der Waals surface area contributed by atoms with Gasteiger partial charge in [0, 0.05) is 11.4 Å². The zero-order valence-electron chi connectivity index (χ0n) is 15.3. The molecule has 0 unspecified atom stereocenters. The summed E-state index contributed by atoms with van der Waals surface area (Å²) in [5.41, 5.74) is 3.13. The lowest BCUT2D eigenvalue weighted by Gasteiger charge is -2.13. The molecular weight excluding hydrogens is 354 g/mol. The number of anilines is 1. The smallest absolute Gasteiger partial charge is 0.237 e. The largest absolute Gasteiger partial charge is 0.489 e. The van der Waals surface area contributed by atoms with Crippen LogP contribution in [-0.4, -0.2) is 11.2 Å². The molecule has 3 aromatic rings. The molecule has 0 aliphatic carbocycles. The van der Waals surface area contributed by atoms with Crippen molar-refractivity contribution in [2.45, 2.75) is 24.5 Å². The number of carbonyl (C=O) groups excluding carboxylic acids is 1. The normalized spacial score (nSPS) is 11.6. The molecular formula is C23H23NO2S. The highest BCUT2D eigenvalue weighted by Crippen LogP contribution is 2.21. The minimum Gasteiger partial charge on any atom is -0.489 e. The topological polar surface area (TPSA) is 38.3 Å². The number of benzene rings is 3. The number of carbonyl (C=O) groups is 1. The Morgan fingerprint density at radius 1 is 0.889 bits per heavy atom. The maximum Gasteiger partial charge on any atom is 0.237 e. The molecule has 138 valence electrons. The Bertz CT molecular complexity index is 835. The van der Waals surface area contributed by atoms with Gasteiger partial charge in [-0.3, -0.25) is 4.79 Å². The molecule has 0 fully saturated rings. The molecule has 1 atom stereocenters. The van der Waals surface area contributed by atoms with Gasteiger partial charge in [0.1, 0.15) is 12.4 Å². The van der Waals surface area contributed by atoms with E-state index < -0.39 is 0 Å². The first-order valence-electron chi connectivity index (χ1n) is 8.94. The first kappa shape index (κ1) is 19.1. The zero-order valence-corrected chi connectivity index (χ0v) is 16.1. The number of nitrogens with one attached hydrogen (secondary N) is 1. The third-order valence-corrected chi connectivity index (χ3v) is 5.30. The van der Waals surface area contributed by atoms with Gasteiger partial charge in [-0.05, 0) is 42.3 Å². The fourth-order valence-corrected chi connectivity index (χ4v) is 3.34. The van der Waals surface area contributed by atoms with E-state index in [0.29, 0.717) is 6.61 Å². The summed E-state index contributed by atoms with van der Waals surface area (Å²) in [6, 6.07) is 27.7. The number of amides is 1. The Kier molecular flexibility index (Phi) is 6.94. The van der Waals surface area contributed by atoms with Gasteiger partial charge in [0.25, 0.3) is 0 Å². The van der Waals surface area contributed by atoms with Crippen molar-refractivity contribution in [3.63, 3.8) is 0 Å². The van der Waals surface area contributed by atoms with Crippen LogP contribution in [0.1, 0.15) is 18.1 Å². The van der Waals surface area contributed by atoms with E-state index in [0.717, 1.165) is 22.8 Å². The summed E-state index contributed by atoms with van der Waals surface area (Å²) in [6.45, 7) is 2.46. The van der Waals surface area contributed by atoms with Crippen LogP contribution in [0.3, 0.4) is 0 Å². The summed E-state index contributed by atoms with van der Waals surface area (Å²) < 4.78 is 5.77.